The van der Waals surface area contributed by atoms with E-state index in [1.807, 2.05) is 31.2 Å². The first-order chi connectivity index (χ1) is 9.30. The molecule has 108 valence electrons. The van der Waals surface area contributed by atoms with Gasteiger partial charge in [0.05, 0.1) is 10.2 Å². The number of rotatable bonds is 3. The van der Waals surface area contributed by atoms with Crippen LogP contribution in [-0.4, -0.2) is 22.6 Å². The maximum Gasteiger partial charge on any atom is 0.237 e. The fourth-order valence-electron chi connectivity index (χ4n) is 2.59. The van der Waals surface area contributed by atoms with Crippen molar-refractivity contribution in [2.24, 2.45) is 5.92 Å². The van der Waals surface area contributed by atoms with Gasteiger partial charge in [-0.15, -0.1) is 0 Å². The van der Waals surface area contributed by atoms with Crippen molar-refractivity contribution in [1.29, 1.82) is 0 Å². The molecule has 4 heteroatoms. The molecule has 0 aromatic heterocycles. The van der Waals surface area contributed by atoms with Crippen LogP contribution in [0.1, 0.15) is 32.3 Å². The molecule has 1 heterocycles. The zero-order chi connectivity index (χ0) is 14.9. The van der Waals surface area contributed by atoms with Gasteiger partial charge in [-0.25, -0.2) is 0 Å². The van der Waals surface area contributed by atoms with Crippen molar-refractivity contribution < 1.29 is 9.59 Å². The highest BCUT2D eigenvalue weighted by atomic mass is 79.9. The standard InChI is InChI=1S/C16H20BrNO2/c1-11-6-4-7-12(10-11)18-9-5-8-13(15(18)20)14(19)16(2,3)17/h4,6-7,10,13H,5,8-9H2,1-3H3/t13-/m0/s1. The number of piperidine rings is 1. The van der Waals surface area contributed by atoms with Crippen LogP contribution < -0.4 is 4.90 Å². The summed E-state index contributed by atoms with van der Waals surface area (Å²) in [5.41, 5.74) is 2.00. The number of amides is 1. The number of halogens is 1. The minimum absolute atomic E-state index is 0.0279. The molecule has 1 aliphatic heterocycles. The van der Waals surface area contributed by atoms with Crippen LogP contribution in [-0.2, 0) is 9.59 Å². The number of hydrogen-bond acceptors (Lipinski definition) is 2. The van der Waals surface area contributed by atoms with Gasteiger partial charge in [0.25, 0.3) is 0 Å². The molecule has 1 aromatic carbocycles. The number of Topliss-reactive ketones (excluding diaryl/α,β-unsaturated/α-hetero) is 1. The first-order valence-corrected chi connectivity index (χ1v) is 7.71. The molecule has 1 fully saturated rings. The van der Waals surface area contributed by atoms with Crippen LogP contribution in [0.25, 0.3) is 0 Å². The number of benzene rings is 1. The van der Waals surface area contributed by atoms with Gasteiger partial charge in [0.15, 0.2) is 5.78 Å². The molecule has 1 saturated heterocycles. The molecule has 0 bridgehead atoms. The number of hydrogen-bond donors (Lipinski definition) is 0. The summed E-state index contributed by atoms with van der Waals surface area (Å²) in [4.78, 5) is 26.7. The van der Waals surface area contributed by atoms with Crippen molar-refractivity contribution in [2.45, 2.75) is 37.9 Å². The van der Waals surface area contributed by atoms with Crippen molar-refractivity contribution in [3.8, 4) is 0 Å². The molecule has 2 rings (SSSR count). The number of carbonyl (C=O) groups is 2. The lowest BCUT2D eigenvalue weighted by Crippen LogP contribution is -2.48. The molecule has 0 unspecified atom stereocenters. The minimum atomic E-state index is -0.650. The van der Waals surface area contributed by atoms with Crippen LogP contribution in [0.15, 0.2) is 24.3 Å². The molecule has 3 nitrogen and oxygen atoms in total. The quantitative estimate of drug-likeness (QED) is 0.625. The maximum atomic E-state index is 12.6. The molecular formula is C16H20BrNO2. The summed E-state index contributed by atoms with van der Waals surface area (Å²) in [5, 5.41) is 0. The Morgan fingerprint density at radius 2 is 2.10 bits per heavy atom. The summed E-state index contributed by atoms with van der Waals surface area (Å²) in [5.74, 6) is -0.627. The number of anilines is 1. The summed E-state index contributed by atoms with van der Waals surface area (Å²) in [7, 11) is 0. The van der Waals surface area contributed by atoms with Crippen LogP contribution in [0, 0.1) is 12.8 Å². The van der Waals surface area contributed by atoms with E-state index in [1.165, 1.54) is 0 Å². The average molecular weight is 338 g/mol. The number of nitrogens with zero attached hydrogens (tertiary/aromatic N) is 1. The fourth-order valence-corrected chi connectivity index (χ4v) is 2.86. The van der Waals surface area contributed by atoms with Gasteiger partial charge in [0.2, 0.25) is 5.91 Å². The number of carbonyl (C=O) groups excluding carboxylic acids is 2. The molecule has 0 saturated carbocycles. The normalized spacial score (nSPS) is 20.1. The lowest BCUT2D eigenvalue weighted by atomic mass is 9.87. The third-order valence-electron chi connectivity index (χ3n) is 3.65. The van der Waals surface area contributed by atoms with Gasteiger partial charge < -0.3 is 4.90 Å². The van der Waals surface area contributed by atoms with Gasteiger partial charge in [-0.2, -0.15) is 0 Å². The van der Waals surface area contributed by atoms with E-state index in [0.29, 0.717) is 13.0 Å². The van der Waals surface area contributed by atoms with E-state index in [4.69, 9.17) is 0 Å². The van der Waals surface area contributed by atoms with E-state index in [9.17, 15) is 9.59 Å². The Morgan fingerprint density at radius 1 is 1.40 bits per heavy atom. The number of ketones is 1. The second kappa shape index (κ2) is 5.68. The van der Waals surface area contributed by atoms with Gasteiger partial charge in [-0.3, -0.25) is 9.59 Å². The Bertz CT molecular complexity index is 534. The molecule has 1 atom stereocenters. The average Bonchev–Trinajstić information content (AvgIpc) is 2.37. The second-order valence-electron chi connectivity index (χ2n) is 5.86. The number of alkyl halides is 1. The Hall–Kier alpha value is -1.16. The Balaban J connectivity index is 2.25. The molecule has 0 radical (unpaired) electrons. The molecule has 20 heavy (non-hydrogen) atoms. The molecular weight excluding hydrogens is 318 g/mol. The van der Waals surface area contributed by atoms with E-state index in [1.54, 1.807) is 18.7 Å². The predicted molar refractivity (Wildman–Crippen MR) is 84.3 cm³/mol. The lowest BCUT2D eigenvalue weighted by Gasteiger charge is -2.33. The van der Waals surface area contributed by atoms with Crippen LogP contribution >= 0.6 is 15.9 Å². The summed E-state index contributed by atoms with van der Waals surface area (Å²) < 4.78 is -0.650. The van der Waals surface area contributed by atoms with E-state index in [0.717, 1.165) is 17.7 Å². The van der Waals surface area contributed by atoms with Crippen LogP contribution in [0.5, 0.6) is 0 Å². The third-order valence-corrected chi connectivity index (χ3v) is 4.05. The van der Waals surface area contributed by atoms with Crippen LogP contribution in [0.4, 0.5) is 5.69 Å². The highest BCUT2D eigenvalue weighted by Crippen LogP contribution is 2.30. The fraction of sp³-hybridized carbons (Fsp3) is 0.500. The highest BCUT2D eigenvalue weighted by Gasteiger charge is 2.40. The Labute approximate surface area is 128 Å². The van der Waals surface area contributed by atoms with Gasteiger partial charge in [0, 0.05) is 12.2 Å². The molecule has 1 amide bonds. The first kappa shape index (κ1) is 15.2. The minimum Gasteiger partial charge on any atom is -0.312 e. The Morgan fingerprint density at radius 3 is 2.70 bits per heavy atom. The van der Waals surface area contributed by atoms with E-state index >= 15 is 0 Å². The van der Waals surface area contributed by atoms with Crippen molar-refractivity contribution in [2.75, 3.05) is 11.4 Å². The predicted octanol–water partition coefficient (Wildman–Crippen LogP) is 3.48. The van der Waals surface area contributed by atoms with Gasteiger partial charge in [0.1, 0.15) is 0 Å². The maximum absolute atomic E-state index is 12.6. The summed E-state index contributed by atoms with van der Waals surface area (Å²) in [6.45, 7) is 6.29. The molecule has 1 aromatic rings. The SMILES string of the molecule is Cc1cccc(N2CCC[C@@H](C(=O)C(C)(C)Br)C2=O)c1. The summed E-state index contributed by atoms with van der Waals surface area (Å²) in [6, 6.07) is 7.86. The summed E-state index contributed by atoms with van der Waals surface area (Å²) >= 11 is 3.37. The molecule has 0 spiro atoms. The smallest absolute Gasteiger partial charge is 0.237 e. The van der Waals surface area contributed by atoms with Gasteiger partial charge in [-0.05, 0) is 51.3 Å². The second-order valence-corrected chi connectivity index (χ2v) is 7.84. The molecule has 0 aliphatic carbocycles. The van der Waals surface area contributed by atoms with Crippen molar-refractivity contribution in [3.63, 3.8) is 0 Å². The third kappa shape index (κ3) is 3.11. The van der Waals surface area contributed by atoms with Crippen molar-refractivity contribution >= 4 is 33.3 Å². The largest absolute Gasteiger partial charge is 0.312 e. The highest BCUT2D eigenvalue weighted by molar-refractivity contribution is 9.10. The van der Waals surface area contributed by atoms with Crippen molar-refractivity contribution in [3.05, 3.63) is 29.8 Å². The lowest BCUT2D eigenvalue weighted by molar-refractivity contribution is -0.134. The van der Waals surface area contributed by atoms with E-state index in [2.05, 4.69) is 15.9 Å². The molecule has 1 aliphatic rings. The van der Waals surface area contributed by atoms with Gasteiger partial charge >= 0.3 is 0 Å². The number of aryl methyl sites for hydroxylation is 1. The topological polar surface area (TPSA) is 37.4 Å². The van der Waals surface area contributed by atoms with E-state index < -0.39 is 10.2 Å². The first-order valence-electron chi connectivity index (χ1n) is 6.92. The van der Waals surface area contributed by atoms with Gasteiger partial charge in [-0.1, -0.05) is 28.1 Å². The Kier molecular flexibility index (Phi) is 4.33. The van der Waals surface area contributed by atoms with Crippen LogP contribution in [0.3, 0.4) is 0 Å². The van der Waals surface area contributed by atoms with Crippen LogP contribution in [0.2, 0.25) is 0 Å². The molecule has 0 N–H and O–H groups in total. The van der Waals surface area contributed by atoms with Crippen molar-refractivity contribution in [1.82, 2.24) is 0 Å². The monoisotopic (exact) mass is 337 g/mol. The zero-order valence-corrected chi connectivity index (χ0v) is 13.7. The summed E-state index contributed by atoms with van der Waals surface area (Å²) in [6.07, 6.45) is 1.51. The van der Waals surface area contributed by atoms with E-state index in [-0.39, 0.29) is 11.7 Å². The zero-order valence-electron chi connectivity index (χ0n) is 12.1.